The van der Waals surface area contributed by atoms with Gasteiger partial charge in [0.05, 0.1) is 5.52 Å². The number of aliphatic hydroxyl groups excluding tert-OH is 1. The fourth-order valence-electron chi connectivity index (χ4n) is 1.92. The number of benzene rings is 1. The van der Waals surface area contributed by atoms with Crippen molar-refractivity contribution < 1.29 is 15.0 Å². The van der Waals surface area contributed by atoms with Crippen LogP contribution in [0.2, 0.25) is 0 Å². The number of nitrogens with zero attached hydrogens (tertiary/aromatic N) is 1. The highest BCUT2D eigenvalue weighted by atomic mass is 32.2. The van der Waals surface area contributed by atoms with Crippen LogP contribution in [0.15, 0.2) is 30.3 Å². The van der Waals surface area contributed by atoms with Crippen LogP contribution in [-0.2, 0) is 0 Å². The lowest BCUT2D eigenvalue weighted by Crippen LogP contribution is -2.11. The van der Waals surface area contributed by atoms with Crippen molar-refractivity contribution in [1.29, 1.82) is 0 Å². The van der Waals surface area contributed by atoms with Crippen molar-refractivity contribution in [2.24, 2.45) is 0 Å². The second-order valence-electron chi connectivity index (χ2n) is 4.50. The van der Waals surface area contributed by atoms with Gasteiger partial charge in [-0.3, -0.25) is 0 Å². The van der Waals surface area contributed by atoms with Gasteiger partial charge >= 0.3 is 5.97 Å². The summed E-state index contributed by atoms with van der Waals surface area (Å²) in [5, 5.41) is 21.9. The summed E-state index contributed by atoms with van der Waals surface area (Å²) in [4.78, 5) is 15.7. The van der Waals surface area contributed by atoms with Crippen LogP contribution >= 0.6 is 11.8 Å². The first-order chi connectivity index (χ1) is 10.2. The number of aromatic nitrogens is 1. The number of hydrogen-bond donors (Lipinski definition) is 3. The monoisotopic (exact) mass is 306 g/mol. The van der Waals surface area contributed by atoms with E-state index in [0.717, 1.165) is 28.8 Å². The standard InChI is InChI=1S/C15H18N2O3S/c18-7-3-8-21-9-6-16-14-12(15(19)20)10-11-4-1-2-5-13(11)17-14/h1-2,4-5,10,18H,3,6-9H2,(H,16,17)(H,19,20). The van der Waals surface area contributed by atoms with E-state index in [1.54, 1.807) is 17.8 Å². The summed E-state index contributed by atoms with van der Waals surface area (Å²) in [5.74, 6) is 1.16. The van der Waals surface area contributed by atoms with Gasteiger partial charge in [-0.25, -0.2) is 9.78 Å². The van der Waals surface area contributed by atoms with Crippen LogP contribution in [0.5, 0.6) is 0 Å². The number of carbonyl (C=O) groups is 1. The van der Waals surface area contributed by atoms with Gasteiger partial charge in [-0.1, -0.05) is 18.2 Å². The Hall–Kier alpha value is -1.79. The molecule has 1 aromatic heterocycles. The van der Waals surface area contributed by atoms with Crippen molar-refractivity contribution in [2.45, 2.75) is 6.42 Å². The second-order valence-corrected chi connectivity index (χ2v) is 5.72. The molecule has 2 rings (SSSR count). The number of aromatic carboxylic acids is 1. The zero-order valence-corrected chi connectivity index (χ0v) is 12.4. The van der Waals surface area contributed by atoms with Crippen LogP contribution in [0.4, 0.5) is 5.82 Å². The van der Waals surface area contributed by atoms with E-state index in [1.807, 2.05) is 24.3 Å². The Kier molecular flexibility index (Phi) is 5.83. The zero-order chi connectivity index (χ0) is 15.1. The number of thioether (sulfide) groups is 1. The van der Waals surface area contributed by atoms with Gasteiger partial charge in [0, 0.05) is 24.3 Å². The quantitative estimate of drug-likeness (QED) is 0.650. The lowest BCUT2D eigenvalue weighted by molar-refractivity contribution is 0.0698. The number of para-hydroxylation sites is 1. The molecule has 21 heavy (non-hydrogen) atoms. The summed E-state index contributed by atoms with van der Waals surface area (Å²) in [6, 6.07) is 9.10. The molecular weight excluding hydrogens is 288 g/mol. The summed E-state index contributed by atoms with van der Waals surface area (Å²) in [6.07, 6.45) is 0.777. The van der Waals surface area contributed by atoms with Crippen LogP contribution in [0.1, 0.15) is 16.8 Å². The SMILES string of the molecule is O=C(O)c1cc2ccccc2nc1NCCSCCCO. The molecule has 3 N–H and O–H groups in total. The minimum Gasteiger partial charge on any atom is -0.478 e. The molecule has 0 aliphatic carbocycles. The van der Waals surface area contributed by atoms with E-state index in [-0.39, 0.29) is 12.2 Å². The largest absolute Gasteiger partial charge is 0.478 e. The van der Waals surface area contributed by atoms with Gasteiger partial charge in [-0.15, -0.1) is 0 Å². The Labute approximate surface area is 127 Å². The molecule has 0 fully saturated rings. The predicted molar refractivity (Wildman–Crippen MR) is 86.2 cm³/mol. The summed E-state index contributed by atoms with van der Waals surface area (Å²) < 4.78 is 0. The smallest absolute Gasteiger partial charge is 0.339 e. The summed E-state index contributed by atoms with van der Waals surface area (Å²) in [5.41, 5.74) is 0.965. The van der Waals surface area contributed by atoms with Crippen LogP contribution in [-0.4, -0.2) is 45.8 Å². The molecule has 0 spiro atoms. The predicted octanol–water partition coefficient (Wildman–Crippen LogP) is 2.46. The van der Waals surface area contributed by atoms with Crippen molar-refractivity contribution in [3.63, 3.8) is 0 Å². The molecule has 0 aliphatic rings. The number of pyridine rings is 1. The van der Waals surface area contributed by atoms with E-state index in [1.165, 1.54) is 0 Å². The molecule has 0 saturated carbocycles. The van der Waals surface area contributed by atoms with Gasteiger partial charge in [0.25, 0.3) is 0 Å². The summed E-state index contributed by atoms with van der Waals surface area (Å²) >= 11 is 1.72. The lowest BCUT2D eigenvalue weighted by atomic mass is 10.1. The first kappa shape index (κ1) is 15.6. The molecule has 0 radical (unpaired) electrons. The first-order valence-corrected chi connectivity index (χ1v) is 7.93. The van der Waals surface area contributed by atoms with Crippen molar-refractivity contribution in [3.05, 3.63) is 35.9 Å². The Bertz CT molecular complexity index is 619. The Morgan fingerprint density at radius 1 is 1.29 bits per heavy atom. The minimum absolute atomic E-state index is 0.189. The molecule has 0 unspecified atom stereocenters. The highest BCUT2D eigenvalue weighted by Gasteiger charge is 2.12. The molecule has 0 bridgehead atoms. The van der Waals surface area contributed by atoms with Crippen molar-refractivity contribution in [1.82, 2.24) is 4.98 Å². The number of anilines is 1. The molecule has 112 valence electrons. The van der Waals surface area contributed by atoms with Crippen LogP contribution in [0.25, 0.3) is 10.9 Å². The number of hydrogen-bond acceptors (Lipinski definition) is 5. The van der Waals surface area contributed by atoms with E-state index in [2.05, 4.69) is 10.3 Å². The molecular formula is C15H18N2O3S. The number of rotatable bonds is 8. The molecule has 0 atom stereocenters. The molecule has 1 aromatic carbocycles. The first-order valence-electron chi connectivity index (χ1n) is 6.78. The van der Waals surface area contributed by atoms with Gasteiger partial charge < -0.3 is 15.5 Å². The average Bonchev–Trinajstić information content (AvgIpc) is 2.49. The summed E-state index contributed by atoms with van der Waals surface area (Å²) in [6.45, 7) is 0.845. The van der Waals surface area contributed by atoms with E-state index < -0.39 is 5.97 Å². The molecule has 6 heteroatoms. The van der Waals surface area contributed by atoms with Crippen LogP contribution < -0.4 is 5.32 Å². The third-order valence-corrected chi connectivity index (χ3v) is 4.01. The average molecular weight is 306 g/mol. The summed E-state index contributed by atoms with van der Waals surface area (Å²) in [7, 11) is 0. The fourth-order valence-corrected chi connectivity index (χ4v) is 2.71. The van der Waals surface area contributed by atoms with Crippen LogP contribution in [0.3, 0.4) is 0 Å². The van der Waals surface area contributed by atoms with E-state index in [4.69, 9.17) is 5.11 Å². The Morgan fingerprint density at radius 2 is 2.10 bits per heavy atom. The van der Waals surface area contributed by atoms with E-state index in [9.17, 15) is 9.90 Å². The Morgan fingerprint density at radius 3 is 2.86 bits per heavy atom. The molecule has 0 saturated heterocycles. The fraction of sp³-hybridized carbons (Fsp3) is 0.333. The number of nitrogens with one attached hydrogen (secondary N) is 1. The third kappa shape index (κ3) is 4.34. The highest BCUT2D eigenvalue weighted by molar-refractivity contribution is 7.99. The number of fused-ring (bicyclic) bond motifs is 1. The third-order valence-electron chi connectivity index (χ3n) is 2.94. The molecule has 5 nitrogen and oxygen atoms in total. The molecule has 2 aromatic rings. The van der Waals surface area contributed by atoms with Crippen molar-refractivity contribution in [3.8, 4) is 0 Å². The number of carboxylic acid groups (broad SMARTS) is 1. The molecule has 0 aliphatic heterocycles. The van der Waals surface area contributed by atoms with Gasteiger partial charge in [-0.2, -0.15) is 11.8 Å². The zero-order valence-electron chi connectivity index (χ0n) is 11.6. The highest BCUT2D eigenvalue weighted by Crippen LogP contribution is 2.20. The van der Waals surface area contributed by atoms with Crippen molar-refractivity contribution in [2.75, 3.05) is 30.0 Å². The van der Waals surface area contributed by atoms with Gasteiger partial charge in [0.1, 0.15) is 11.4 Å². The maximum atomic E-state index is 11.3. The number of carboxylic acids is 1. The van der Waals surface area contributed by atoms with Crippen molar-refractivity contribution >= 4 is 34.5 Å². The Balaban J connectivity index is 2.06. The normalized spacial score (nSPS) is 10.7. The molecule has 1 heterocycles. The lowest BCUT2D eigenvalue weighted by Gasteiger charge is -2.10. The topological polar surface area (TPSA) is 82.5 Å². The van der Waals surface area contributed by atoms with Crippen LogP contribution in [0, 0.1) is 0 Å². The van der Waals surface area contributed by atoms with E-state index in [0.29, 0.717) is 12.4 Å². The molecule has 0 amide bonds. The maximum absolute atomic E-state index is 11.3. The van der Waals surface area contributed by atoms with Gasteiger partial charge in [-0.05, 0) is 24.3 Å². The second kappa shape index (κ2) is 7.85. The van der Waals surface area contributed by atoms with Gasteiger partial charge in [0.2, 0.25) is 0 Å². The maximum Gasteiger partial charge on any atom is 0.339 e. The number of aliphatic hydroxyl groups is 1. The minimum atomic E-state index is -0.983. The van der Waals surface area contributed by atoms with E-state index >= 15 is 0 Å². The van der Waals surface area contributed by atoms with Gasteiger partial charge in [0.15, 0.2) is 0 Å².